The van der Waals surface area contributed by atoms with Gasteiger partial charge in [0.2, 0.25) is 0 Å². The summed E-state index contributed by atoms with van der Waals surface area (Å²) in [5, 5.41) is 0. The molecule has 0 saturated heterocycles. The topological polar surface area (TPSA) is 80.4 Å². The van der Waals surface area contributed by atoms with E-state index in [2.05, 4.69) is 13.8 Å². The van der Waals surface area contributed by atoms with E-state index in [1.54, 1.807) is 0 Å². The minimum Gasteiger partial charge on any atom is -0.327 e. The average molecular weight is 263 g/mol. The molecular formula is C12H25NO3S. The zero-order valence-corrected chi connectivity index (χ0v) is 11.8. The summed E-state index contributed by atoms with van der Waals surface area (Å²) in [5.74, 6) is 1.13. The Hall–Kier alpha value is -0.130. The molecule has 1 rings (SSSR count). The van der Waals surface area contributed by atoms with Gasteiger partial charge in [-0.15, -0.1) is 0 Å². The van der Waals surface area contributed by atoms with Crippen molar-refractivity contribution in [2.24, 2.45) is 29.4 Å². The first-order valence-electron chi connectivity index (χ1n) is 6.43. The average Bonchev–Trinajstić information content (AvgIpc) is 2.18. The molecule has 4 nitrogen and oxygen atoms in total. The number of hydrogen-bond acceptors (Lipinski definition) is 3. The first-order chi connectivity index (χ1) is 7.72. The van der Waals surface area contributed by atoms with Gasteiger partial charge in [-0.2, -0.15) is 8.42 Å². The Bertz CT molecular complexity index is 342. The highest BCUT2D eigenvalue weighted by molar-refractivity contribution is 7.85. The summed E-state index contributed by atoms with van der Waals surface area (Å²) in [4.78, 5) is 0. The molecule has 1 aliphatic rings. The molecule has 0 aromatic carbocycles. The lowest BCUT2D eigenvalue weighted by molar-refractivity contribution is 0.137. The zero-order chi connectivity index (χ0) is 13.2. The third-order valence-electron chi connectivity index (χ3n) is 4.39. The van der Waals surface area contributed by atoms with Crippen LogP contribution in [-0.4, -0.2) is 24.8 Å². The second kappa shape index (κ2) is 5.67. The van der Waals surface area contributed by atoms with E-state index in [0.29, 0.717) is 17.8 Å². The predicted molar refractivity (Wildman–Crippen MR) is 69.2 cm³/mol. The summed E-state index contributed by atoms with van der Waals surface area (Å²) < 4.78 is 30.6. The quantitative estimate of drug-likeness (QED) is 0.759. The van der Waals surface area contributed by atoms with Crippen LogP contribution in [-0.2, 0) is 10.1 Å². The van der Waals surface area contributed by atoms with Crippen molar-refractivity contribution in [2.75, 3.05) is 5.75 Å². The molecule has 0 aromatic rings. The maximum Gasteiger partial charge on any atom is 0.265 e. The first-order valence-corrected chi connectivity index (χ1v) is 8.04. The monoisotopic (exact) mass is 263 g/mol. The van der Waals surface area contributed by atoms with Crippen molar-refractivity contribution >= 4 is 10.1 Å². The highest BCUT2D eigenvalue weighted by atomic mass is 32.2. The van der Waals surface area contributed by atoms with E-state index >= 15 is 0 Å². The van der Waals surface area contributed by atoms with Gasteiger partial charge in [-0.05, 0) is 30.1 Å². The molecule has 17 heavy (non-hydrogen) atoms. The van der Waals surface area contributed by atoms with Crippen molar-refractivity contribution in [2.45, 2.75) is 46.1 Å². The van der Waals surface area contributed by atoms with Gasteiger partial charge < -0.3 is 5.73 Å². The SMILES string of the molecule is CC1CCCC(C(N)C(C)CS(=O)(=O)O)C1C. The van der Waals surface area contributed by atoms with Gasteiger partial charge in [0.15, 0.2) is 0 Å². The van der Waals surface area contributed by atoms with E-state index in [1.807, 2.05) is 6.92 Å². The molecule has 102 valence electrons. The van der Waals surface area contributed by atoms with Crippen LogP contribution < -0.4 is 5.73 Å². The van der Waals surface area contributed by atoms with E-state index in [4.69, 9.17) is 10.3 Å². The summed E-state index contributed by atoms with van der Waals surface area (Å²) in [5.41, 5.74) is 6.18. The van der Waals surface area contributed by atoms with Gasteiger partial charge in [0.25, 0.3) is 10.1 Å². The van der Waals surface area contributed by atoms with Gasteiger partial charge >= 0.3 is 0 Å². The van der Waals surface area contributed by atoms with Crippen LogP contribution in [0.15, 0.2) is 0 Å². The fourth-order valence-electron chi connectivity index (χ4n) is 3.03. The Morgan fingerprint density at radius 3 is 2.47 bits per heavy atom. The molecule has 0 bridgehead atoms. The van der Waals surface area contributed by atoms with Gasteiger partial charge in [-0.1, -0.05) is 33.6 Å². The number of rotatable bonds is 4. The normalized spacial score (nSPS) is 34.3. The highest BCUT2D eigenvalue weighted by Crippen LogP contribution is 2.37. The summed E-state index contributed by atoms with van der Waals surface area (Å²) in [6.07, 6.45) is 3.47. The Balaban J connectivity index is 2.65. The second-order valence-corrected chi connectivity index (χ2v) is 7.23. The summed E-state index contributed by atoms with van der Waals surface area (Å²) >= 11 is 0. The van der Waals surface area contributed by atoms with E-state index < -0.39 is 10.1 Å². The van der Waals surface area contributed by atoms with Crippen LogP contribution in [0.2, 0.25) is 0 Å². The van der Waals surface area contributed by atoms with Crippen molar-refractivity contribution in [3.05, 3.63) is 0 Å². The Morgan fingerprint density at radius 2 is 1.94 bits per heavy atom. The number of nitrogens with two attached hydrogens (primary N) is 1. The van der Waals surface area contributed by atoms with Crippen LogP contribution >= 0.6 is 0 Å². The lowest BCUT2D eigenvalue weighted by Gasteiger charge is -2.39. The van der Waals surface area contributed by atoms with Gasteiger partial charge in [0.1, 0.15) is 0 Å². The fourth-order valence-corrected chi connectivity index (χ4v) is 3.92. The minimum absolute atomic E-state index is 0.144. The van der Waals surface area contributed by atoms with E-state index in [0.717, 1.165) is 6.42 Å². The van der Waals surface area contributed by atoms with Crippen molar-refractivity contribution < 1.29 is 13.0 Å². The summed E-state index contributed by atoms with van der Waals surface area (Å²) in [6.45, 7) is 6.25. The molecule has 5 heteroatoms. The summed E-state index contributed by atoms with van der Waals surface area (Å²) in [7, 11) is -3.92. The predicted octanol–water partition coefficient (Wildman–Crippen LogP) is 1.91. The molecule has 1 fully saturated rings. The molecule has 0 spiro atoms. The third kappa shape index (κ3) is 4.23. The molecule has 3 N–H and O–H groups in total. The Kier molecular flexibility index (Phi) is 4.98. The second-order valence-electron chi connectivity index (χ2n) is 5.73. The summed E-state index contributed by atoms with van der Waals surface area (Å²) in [6, 6.07) is -0.144. The van der Waals surface area contributed by atoms with Crippen molar-refractivity contribution in [1.29, 1.82) is 0 Å². The third-order valence-corrected chi connectivity index (χ3v) is 5.34. The van der Waals surface area contributed by atoms with Crippen molar-refractivity contribution in [3.63, 3.8) is 0 Å². The molecule has 1 saturated carbocycles. The maximum atomic E-state index is 10.9. The van der Waals surface area contributed by atoms with E-state index in [9.17, 15) is 8.42 Å². The lowest BCUT2D eigenvalue weighted by atomic mass is 9.69. The van der Waals surface area contributed by atoms with Crippen LogP contribution in [0, 0.1) is 23.7 Å². The van der Waals surface area contributed by atoms with Gasteiger partial charge in [0.05, 0.1) is 5.75 Å². The van der Waals surface area contributed by atoms with Crippen LogP contribution in [0.4, 0.5) is 0 Å². The first kappa shape index (κ1) is 14.9. The van der Waals surface area contributed by atoms with Gasteiger partial charge in [-0.25, -0.2) is 0 Å². The Morgan fingerprint density at radius 1 is 1.35 bits per heavy atom. The van der Waals surface area contributed by atoms with E-state index in [-0.39, 0.29) is 17.7 Å². The standard InChI is InChI=1S/C12H25NO3S/c1-8-5-4-6-11(10(8)3)12(13)9(2)7-17(14,15)16/h8-12H,4-7,13H2,1-3H3,(H,14,15,16). The van der Waals surface area contributed by atoms with Gasteiger partial charge in [0, 0.05) is 6.04 Å². The van der Waals surface area contributed by atoms with Crippen LogP contribution in [0.3, 0.4) is 0 Å². The molecule has 5 atom stereocenters. The van der Waals surface area contributed by atoms with Crippen LogP contribution in [0.1, 0.15) is 40.0 Å². The fraction of sp³-hybridized carbons (Fsp3) is 1.00. The molecule has 1 aliphatic carbocycles. The molecule has 0 radical (unpaired) electrons. The zero-order valence-electron chi connectivity index (χ0n) is 11.0. The molecule has 0 amide bonds. The molecular weight excluding hydrogens is 238 g/mol. The highest BCUT2D eigenvalue weighted by Gasteiger charge is 2.34. The van der Waals surface area contributed by atoms with Gasteiger partial charge in [-0.3, -0.25) is 4.55 Å². The lowest BCUT2D eigenvalue weighted by Crippen LogP contribution is -2.44. The molecule has 0 aromatic heterocycles. The van der Waals surface area contributed by atoms with Crippen LogP contribution in [0.25, 0.3) is 0 Å². The van der Waals surface area contributed by atoms with Crippen LogP contribution in [0.5, 0.6) is 0 Å². The largest absolute Gasteiger partial charge is 0.327 e. The number of hydrogen-bond donors (Lipinski definition) is 2. The van der Waals surface area contributed by atoms with Crippen molar-refractivity contribution in [3.8, 4) is 0 Å². The van der Waals surface area contributed by atoms with E-state index in [1.165, 1.54) is 12.8 Å². The Labute approximate surface area is 105 Å². The molecule has 5 unspecified atom stereocenters. The van der Waals surface area contributed by atoms with Crippen molar-refractivity contribution in [1.82, 2.24) is 0 Å². The maximum absolute atomic E-state index is 10.9. The smallest absolute Gasteiger partial charge is 0.265 e. The minimum atomic E-state index is -3.92. The molecule has 0 aliphatic heterocycles. The molecule has 0 heterocycles.